The minimum atomic E-state index is -4.88. The van der Waals surface area contributed by atoms with Crippen molar-refractivity contribution in [1.82, 2.24) is 9.55 Å². The van der Waals surface area contributed by atoms with E-state index >= 15 is 0 Å². The van der Waals surface area contributed by atoms with Crippen LogP contribution in [0.25, 0.3) is 10.9 Å². The number of nitrogens with zero attached hydrogens (tertiary/aromatic N) is 1. The SMILES string of the molecule is CC(C)C(=O)c1cc2c(=O)n(CS(C)(=O)=O)c(=O)[nH]c2cc1C(F)(F)F. The molecule has 0 aliphatic rings. The second kappa shape index (κ2) is 6.38. The molecule has 0 atom stereocenters. The maximum absolute atomic E-state index is 13.3. The second-order valence-corrected chi connectivity index (χ2v) is 8.29. The van der Waals surface area contributed by atoms with E-state index in [1.807, 2.05) is 0 Å². The molecule has 1 N–H and O–H groups in total. The number of alkyl halides is 3. The summed E-state index contributed by atoms with van der Waals surface area (Å²) in [6.07, 6.45) is -4.09. The van der Waals surface area contributed by atoms with Crippen LogP contribution in [0, 0.1) is 5.92 Å². The van der Waals surface area contributed by atoms with Gasteiger partial charge in [-0.2, -0.15) is 13.2 Å². The fraction of sp³-hybridized carbons (Fsp3) is 0.400. The summed E-state index contributed by atoms with van der Waals surface area (Å²) in [7, 11) is -3.77. The highest BCUT2D eigenvalue weighted by molar-refractivity contribution is 7.89. The maximum Gasteiger partial charge on any atom is 0.417 e. The van der Waals surface area contributed by atoms with Gasteiger partial charge in [0.25, 0.3) is 5.56 Å². The lowest BCUT2D eigenvalue weighted by molar-refractivity contribution is -0.137. The van der Waals surface area contributed by atoms with Gasteiger partial charge in [0.05, 0.1) is 16.5 Å². The first-order valence-corrected chi connectivity index (χ1v) is 9.38. The molecule has 0 radical (unpaired) electrons. The Morgan fingerprint density at radius 1 is 1.23 bits per heavy atom. The van der Waals surface area contributed by atoms with Gasteiger partial charge in [-0.3, -0.25) is 9.59 Å². The first-order valence-electron chi connectivity index (χ1n) is 7.32. The summed E-state index contributed by atoms with van der Waals surface area (Å²) in [6, 6.07) is 1.26. The summed E-state index contributed by atoms with van der Waals surface area (Å²) in [5, 5.41) is -0.384. The molecule has 0 bridgehead atoms. The van der Waals surface area contributed by atoms with Gasteiger partial charge in [-0.1, -0.05) is 13.8 Å². The molecular formula is C15H15F3N2O5S. The van der Waals surface area contributed by atoms with Gasteiger partial charge in [0.2, 0.25) is 0 Å². The van der Waals surface area contributed by atoms with E-state index in [2.05, 4.69) is 4.98 Å². The number of Topliss-reactive ketones (excluding diaryl/α,β-unsaturated/α-hetero) is 1. The van der Waals surface area contributed by atoms with Crippen molar-refractivity contribution in [2.24, 2.45) is 5.92 Å². The van der Waals surface area contributed by atoms with Crippen molar-refractivity contribution in [3.8, 4) is 0 Å². The minimum absolute atomic E-state index is 0.356. The van der Waals surface area contributed by atoms with Crippen LogP contribution in [-0.2, 0) is 21.9 Å². The van der Waals surface area contributed by atoms with E-state index in [1.165, 1.54) is 13.8 Å². The van der Waals surface area contributed by atoms with Crippen molar-refractivity contribution >= 4 is 26.5 Å². The molecule has 1 aromatic carbocycles. The number of benzene rings is 1. The summed E-state index contributed by atoms with van der Waals surface area (Å²) >= 11 is 0. The number of aromatic amines is 1. The summed E-state index contributed by atoms with van der Waals surface area (Å²) < 4.78 is 63.0. The summed E-state index contributed by atoms with van der Waals surface area (Å²) in [5.74, 6) is -2.54. The largest absolute Gasteiger partial charge is 0.417 e. The molecule has 0 aliphatic heterocycles. The van der Waals surface area contributed by atoms with Gasteiger partial charge in [-0.15, -0.1) is 0 Å². The van der Waals surface area contributed by atoms with E-state index in [1.54, 1.807) is 0 Å². The van der Waals surface area contributed by atoms with Crippen molar-refractivity contribution in [3.63, 3.8) is 0 Å². The lowest BCUT2D eigenvalue weighted by atomic mass is 9.94. The first kappa shape index (κ1) is 19.9. The van der Waals surface area contributed by atoms with Crippen LogP contribution >= 0.6 is 0 Å². The number of rotatable bonds is 4. The first-order chi connectivity index (χ1) is 11.7. The van der Waals surface area contributed by atoms with Crippen LogP contribution in [0.2, 0.25) is 0 Å². The number of hydrogen-bond acceptors (Lipinski definition) is 5. The third-order valence-corrected chi connectivity index (χ3v) is 4.31. The number of nitrogens with one attached hydrogen (secondary N) is 1. The monoisotopic (exact) mass is 392 g/mol. The van der Waals surface area contributed by atoms with Crippen LogP contribution in [0.15, 0.2) is 21.7 Å². The third kappa shape index (κ3) is 3.87. The average Bonchev–Trinajstić information content (AvgIpc) is 2.47. The number of carbonyl (C=O) groups excluding carboxylic acids is 1. The normalized spacial score (nSPS) is 12.7. The van der Waals surface area contributed by atoms with Gasteiger partial charge in [0.1, 0.15) is 5.88 Å². The van der Waals surface area contributed by atoms with Crippen LogP contribution in [0.4, 0.5) is 13.2 Å². The van der Waals surface area contributed by atoms with Gasteiger partial charge in [0, 0.05) is 17.7 Å². The summed E-state index contributed by atoms with van der Waals surface area (Å²) in [6.45, 7) is 2.81. The lowest BCUT2D eigenvalue weighted by Crippen LogP contribution is -2.37. The Bertz CT molecular complexity index is 1110. The zero-order valence-corrected chi connectivity index (χ0v) is 14.8. The topological polar surface area (TPSA) is 106 Å². The Balaban J connectivity index is 2.93. The molecule has 0 aliphatic carbocycles. The molecule has 0 saturated carbocycles. The fourth-order valence-electron chi connectivity index (χ4n) is 2.40. The minimum Gasteiger partial charge on any atom is -0.307 e. The number of sulfone groups is 1. The second-order valence-electron chi connectivity index (χ2n) is 6.18. The van der Waals surface area contributed by atoms with E-state index in [-0.39, 0.29) is 5.39 Å². The number of halogens is 3. The Labute approximate surface area is 145 Å². The molecule has 11 heteroatoms. The maximum atomic E-state index is 13.3. The van der Waals surface area contributed by atoms with Crippen LogP contribution in [0.1, 0.15) is 29.8 Å². The average molecular weight is 392 g/mol. The summed E-state index contributed by atoms with van der Waals surface area (Å²) in [5.41, 5.74) is -4.68. The van der Waals surface area contributed by atoms with Gasteiger partial charge in [-0.05, 0) is 12.1 Å². The van der Waals surface area contributed by atoms with Crippen LogP contribution < -0.4 is 11.2 Å². The highest BCUT2D eigenvalue weighted by atomic mass is 32.2. The number of H-pyrrole nitrogens is 1. The molecule has 26 heavy (non-hydrogen) atoms. The predicted molar refractivity (Wildman–Crippen MR) is 87.8 cm³/mol. The van der Waals surface area contributed by atoms with Gasteiger partial charge < -0.3 is 4.98 Å². The quantitative estimate of drug-likeness (QED) is 0.795. The van der Waals surface area contributed by atoms with E-state index in [0.29, 0.717) is 10.6 Å². The van der Waals surface area contributed by atoms with E-state index in [9.17, 15) is 36.0 Å². The number of hydrogen-bond donors (Lipinski definition) is 1. The molecule has 7 nitrogen and oxygen atoms in total. The molecule has 0 amide bonds. The Hall–Kier alpha value is -2.43. The Morgan fingerprint density at radius 2 is 1.81 bits per heavy atom. The molecule has 0 spiro atoms. The molecule has 0 fully saturated rings. The van der Waals surface area contributed by atoms with E-state index < -0.39 is 61.5 Å². The van der Waals surface area contributed by atoms with Crippen molar-refractivity contribution in [2.75, 3.05) is 6.26 Å². The predicted octanol–water partition coefficient (Wildman–Crippen LogP) is 1.55. The number of aromatic nitrogens is 2. The zero-order valence-electron chi connectivity index (χ0n) is 14.0. The van der Waals surface area contributed by atoms with Crippen molar-refractivity contribution in [1.29, 1.82) is 0 Å². The standard InChI is InChI=1S/C15H15F3N2O5S/c1-7(2)12(21)8-4-9-11(5-10(8)15(16,17)18)19-14(23)20(13(9)22)6-26(3,24)25/h4-5,7H,6H2,1-3H3,(H,19,23). The lowest BCUT2D eigenvalue weighted by Gasteiger charge is -2.15. The molecule has 2 aromatic rings. The smallest absolute Gasteiger partial charge is 0.307 e. The van der Waals surface area contributed by atoms with Crippen LogP contribution in [-0.4, -0.2) is 30.0 Å². The zero-order chi connectivity index (χ0) is 20.0. The van der Waals surface area contributed by atoms with Crippen molar-refractivity contribution in [3.05, 3.63) is 44.1 Å². The van der Waals surface area contributed by atoms with Gasteiger partial charge >= 0.3 is 11.9 Å². The highest BCUT2D eigenvalue weighted by Crippen LogP contribution is 2.34. The van der Waals surface area contributed by atoms with Crippen molar-refractivity contribution in [2.45, 2.75) is 25.9 Å². The molecular weight excluding hydrogens is 377 g/mol. The third-order valence-electron chi connectivity index (χ3n) is 3.58. The number of carbonyl (C=O) groups is 1. The van der Waals surface area contributed by atoms with Gasteiger partial charge in [-0.25, -0.2) is 17.8 Å². The van der Waals surface area contributed by atoms with E-state index in [4.69, 9.17) is 0 Å². The van der Waals surface area contributed by atoms with Crippen LogP contribution in [0.3, 0.4) is 0 Å². The molecule has 0 saturated heterocycles. The van der Waals surface area contributed by atoms with Crippen LogP contribution in [0.5, 0.6) is 0 Å². The van der Waals surface area contributed by atoms with E-state index in [0.717, 1.165) is 12.3 Å². The Kier molecular flexibility index (Phi) is 4.88. The number of fused-ring (bicyclic) bond motifs is 1. The van der Waals surface area contributed by atoms with Crippen molar-refractivity contribution < 1.29 is 26.4 Å². The molecule has 0 unspecified atom stereocenters. The highest BCUT2D eigenvalue weighted by Gasteiger charge is 2.36. The number of ketones is 1. The molecule has 1 aromatic heterocycles. The molecule has 1 heterocycles. The molecule has 2 rings (SSSR count). The fourth-order valence-corrected chi connectivity index (χ4v) is 3.11. The molecule has 142 valence electrons. The van der Waals surface area contributed by atoms with Gasteiger partial charge in [0.15, 0.2) is 15.6 Å². The Morgan fingerprint density at radius 3 is 2.27 bits per heavy atom. The summed E-state index contributed by atoms with van der Waals surface area (Å²) in [4.78, 5) is 38.6.